The quantitative estimate of drug-likeness (QED) is 0.790. The van der Waals surface area contributed by atoms with Crippen LogP contribution in [0.2, 0.25) is 5.02 Å². The first-order valence-electron chi connectivity index (χ1n) is 8.83. The van der Waals surface area contributed by atoms with E-state index in [1.807, 2.05) is 11.0 Å². The number of carbonyl (C=O) groups excluding carboxylic acids is 1. The van der Waals surface area contributed by atoms with E-state index in [0.29, 0.717) is 11.5 Å². The highest BCUT2D eigenvalue weighted by atomic mass is 35.5. The average Bonchev–Trinajstić information content (AvgIpc) is 3.21. The maximum atomic E-state index is 12.8. The Labute approximate surface area is 162 Å². The maximum absolute atomic E-state index is 12.8. The number of rotatable bonds is 6. The van der Waals surface area contributed by atoms with E-state index in [-0.39, 0.29) is 10.7 Å². The van der Waals surface area contributed by atoms with Gasteiger partial charge in [-0.3, -0.25) is 9.59 Å². The van der Waals surface area contributed by atoms with Crippen molar-refractivity contribution < 1.29 is 14.7 Å². The van der Waals surface area contributed by atoms with Crippen molar-refractivity contribution in [2.24, 2.45) is 5.92 Å². The number of halogens is 1. The lowest BCUT2D eigenvalue weighted by Crippen LogP contribution is -2.36. The van der Waals surface area contributed by atoms with Crippen LogP contribution in [0, 0.1) is 5.92 Å². The Morgan fingerprint density at radius 3 is 2.52 bits per heavy atom. The zero-order valence-corrected chi connectivity index (χ0v) is 15.7. The van der Waals surface area contributed by atoms with Gasteiger partial charge in [0.1, 0.15) is 0 Å². The highest BCUT2D eigenvalue weighted by molar-refractivity contribution is 6.33. The van der Waals surface area contributed by atoms with Crippen LogP contribution in [0.25, 0.3) is 0 Å². The van der Waals surface area contributed by atoms with Gasteiger partial charge < -0.3 is 15.3 Å². The fraction of sp³-hybridized carbons (Fsp3) is 0.368. The number of amides is 1. The Balaban J connectivity index is 1.87. The van der Waals surface area contributed by atoms with E-state index in [1.165, 1.54) is 6.20 Å². The van der Waals surface area contributed by atoms with Gasteiger partial charge >= 0.3 is 5.97 Å². The molecule has 1 aromatic carbocycles. The summed E-state index contributed by atoms with van der Waals surface area (Å²) in [5.41, 5.74) is 0.748. The van der Waals surface area contributed by atoms with Gasteiger partial charge in [-0.05, 0) is 25.3 Å². The second kappa shape index (κ2) is 8.35. The third-order valence-electron chi connectivity index (χ3n) is 4.67. The third-order valence-corrected chi connectivity index (χ3v) is 4.95. The SMILES string of the molecule is C[C@@H](C(=O)O)[C@H](NC(=O)c1nc(N2CCCC2)ncc1Cl)c1ccccc1. The topological polar surface area (TPSA) is 95.4 Å². The van der Waals surface area contributed by atoms with Crippen molar-refractivity contribution in [1.82, 2.24) is 15.3 Å². The molecule has 1 fully saturated rings. The van der Waals surface area contributed by atoms with Gasteiger partial charge in [0.25, 0.3) is 5.91 Å². The molecule has 142 valence electrons. The number of carbonyl (C=O) groups is 2. The molecule has 27 heavy (non-hydrogen) atoms. The van der Waals surface area contributed by atoms with Gasteiger partial charge in [0.05, 0.1) is 23.2 Å². The number of nitrogens with one attached hydrogen (secondary N) is 1. The molecule has 1 saturated heterocycles. The first kappa shape index (κ1) is 19.1. The molecule has 1 aromatic heterocycles. The molecule has 0 saturated carbocycles. The predicted molar refractivity (Wildman–Crippen MR) is 102 cm³/mol. The molecule has 2 aromatic rings. The van der Waals surface area contributed by atoms with Crippen LogP contribution in [-0.4, -0.2) is 40.0 Å². The van der Waals surface area contributed by atoms with Crippen LogP contribution < -0.4 is 10.2 Å². The zero-order valence-electron chi connectivity index (χ0n) is 14.9. The number of benzene rings is 1. The third kappa shape index (κ3) is 4.36. The van der Waals surface area contributed by atoms with Gasteiger partial charge in [0, 0.05) is 13.1 Å². The molecule has 0 spiro atoms. The molecule has 0 bridgehead atoms. The molecule has 3 rings (SSSR count). The lowest BCUT2D eigenvalue weighted by molar-refractivity contribution is -0.142. The minimum atomic E-state index is -1.00. The van der Waals surface area contributed by atoms with Crippen molar-refractivity contribution in [1.29, 1.82) is 0 Å². The zero-order chi connectivity index (χ0) is 19.4. The lowest BCUT2D eigenvalue weighted by Gasteiger charge is -2.23. The van der Waals surface area contributed by atoms with Crippen LogP contribution in [0.1, 0.15) is 41.9 Å². The van der Waals surface area contributed by atoms with Crippen molar-refractivity contribution in [3.05, 3.63) is 52.8 Å². The summed E-state index contributed by atoms with van der Waals surface area (Å²) in [6, 6.07) is 8.27. The van der Waals surface area contributed by atoms with Crippen molar-refractivity contribution in [2.75, 3.05) is 18.0 Å². The molecular weight excluding hydrogens is 368 g/mol. The smallest absolute Gasteiger partial charge is 0.308 e. The van der Waals surface area contributed by atoms with E-state index in [0.717, 1.165) is 25.9 Å². The molecule has 8 heteroatoms. The summed E-state index contributed by atoms with van der Waals surface area (Å²) in [6.07, 6.45) is 3.52. The summed E-state index contributed by atoms with van der Waals surface area (Å²) in [5.74, 6) is -1.89. The van der Waals surface area contributed by atoms with Gasteiger partial charge in [0.15, 0.2) is 5.69 Å². The Morgan fingerprint density at radius 1 is 1.22 bits per heavy atom. The summed E-state index contributed by atoms with van der Waals surface area (Å²) in [7, 11) is 0. The van der Waals surface area contributed by atoms with Gasteiger partial charge in [-0.15, -0.1) is 0 Å². The average molecular weight is 389 g/mol. The Hall–Kier alpha value is -2.67. The Morgan fingerprint density at radius 2 is 1.89 bits per heavy atom. The van der Waals surface area contributed by atoms with Crippen molar-refractivity contribution in [2.45, 2.75) is 25.8 Å². The summed E-state index contributed by atoms with van der Waals surface area (Å²) in [6.45, 7) is 3.23. The van der Waals surface area contributed by atoms with Gasteiger partial charge in [0.2, 0.25) is 5.95 Å². The second-order valence-corrected chi connectivity index (χ2v) is 6.96. The van der Waals surface area contributed by atoms with E-state index in [1.54, 1.807) is 31.2 Å². The molecule has 0 radical (unpaired) electrons. The number of hydrogen-bond acceptors (Lipinski definition) is 5. The largest absolute Gasteiger partial charge is 0.481 e. The molecule has 0 unspecified atom stereocenters. The van der Waals surface area contributed by atoms with Crippen LogP contribution in [0.15, 0.2) is 36.5 Å². The first-order valence-corrected chi connectivity index (χ1v) is 9.21. The Kier molecular flexibility index (Phi) is 5.91. The number of aliphatic carboxylic acids is 1. The van der Waals surface area contributed by atoms with Gasteiger partial charge in [-0.25, -0.2) is 9.97 Å². The molecule has 1 aliphatic heterocycles. The highest BCUT2D eigenvalue weighted by Crippen LogP contribution is 2.25. The number of nitrogens with zero attached hydrogens (tertiary/aromatic N) is 3. The normalized spacial score (nSPS) is 16.0. The van der Waals surface area contributed by atoms with Crippen LogP contribution >= 0.6 is 11.6 Å². The summed E-state index contributed by atoms with van der Waals surface area (Å²) in [4.78, 5) is 34.9. The fourth-order valence-corrected chi connectivity index (χ4v) is 3.27. The molecule has 2 atom stereocenters. The van der Waals surface area contributed by atoms with Gasteiger partial charge in [-0.2, -0.15) is 0 Å². The fourth-order valence-electron chi connectivity index (χ4n) is 3.10. The maximum Gasteiger partial charge on any atom is 0.308 e. The summed E-state index contributed by atoms with van der Waals surface area (Å²) in [5, 5.41) is 12.3. The van der Waals surface area contributed by atoms with E-state index in [4.69, 9.17) is 11.6 Å². The highest BCUT2D eigenvalue weighted by Gasteiger charge is 2.28. The van der Waals surface area contributed by atoms with Gasteiger partial charge in [-0.1, -0.05) is 41.9 Å². The monoisotopic (exact) mass is 388 g/mol. The second-order valence-electron chi connectivity index (χ2n) is 6.55. The first-order chi connectivity index (χ1) is 13.0. The minimum absolute atomic E-state index is 0.0482. The molecule has 2 N–H and O–H groups in total. The van der Waals surface area contributed by atoms with Crippen molar-refractivity contribution in [3.8, 4) is 0 Å². The molecule has 0 aliphatic carbocycles. The summed E-state index contributed by atoms with van der Waals surface area (Å²) >= 11 is 6.15. The van der Waals surface area contributed by atoms with Crippen LogP contribution in [0.5, 0.6) is 0 Å². The number of carboxylic acids is 1. The van der Waals surface area contributed by atoms with Crippen LogP contribution in [-0.2, 0) is 4.79 Å². The molecule has 1 aliphatic rings. The Bertz CT molecular complexity index is 825. The van der Waals surface area contributed by atoms with Crippen LogP contribution in [0.3, 0.4) is 0 Å². The number of hydrogen-bond donors (Lipinski definition) is 2. The van der Waals surface area contributed by atoms with E-state index in [2.05, 4.69) is 15.3 Å². The predicted octanol–water partition coefficient (Wildman–Crippen LogP) is 2.92. The number of anilines is 1. The summed E-state index contributed by atoms with van der Waals surface area (Å²) < 4.78 is 0. The van der Waals surface area contributed by atoms with Crippen molar-refractivity contribution in [3.63, 3.8) is 0 Å². The molecule has 7 nitrogen and oxygen atoms in total. The molecule has 2 heterocycles. The number of carboxylic acid groups (broad SMARTS) is 1. The molecule has 1 amide bonds. The van der Waals surface area contributed by atoms with E-state index >= 15 is 0 Å². The van der Waals surface area contributed by atoms with Crippen molar-refractivity contribution >= 4 is 29.4 Å². The number of aromatic nitrogens is 2. The van der Waals surface area contributed by atoms with E-state index in [9.17, 15) is 14.7 Å². The standard InChI is InChI=1S/C19H21ClN4O3/c1-12(18(26)27)15(13-7-3-2-4-8-13)22-17(25)16-14(20)11-21-19(23-16)24-9-5-6-10-24/h2-4,7-8,11-12,15H,5-6,9-10H2,1H3,(H,22,25)(H,26,27)/t12-,15+/m1/s1. The minimum Gasteiger partial charge on any atom is -0.481 e. The van der Waals surface area contributed by atoms with Crippen LogP contribution in [0.4, 0.5) is 5.95 Å². The molecular formula is C19H21ClN4O3. The van der Waals surface area contributed by atoms with E-state index < -0.39 is 23.8 Å². The lowest BCUT2D eigenvalue weighted by atomic mass is 9.94.